The number of aromatic nitrogens is 1. The minimum absolute atomic E-state index is 0.316. The number of nitrogens with zero attached hydrogens (tertiary/aromatic N) is 3. The maximum absolute atomic E-state index is 13.5. The summed E-state index contributed by atoms with van der Waals surface area (Å²) in [7, 11) is -4.31. The Kier molecular flexibility index (Phi) is 6.94. The maximum Gasteiger partial charge on any atom is 0.434 e. The predicted octanol–water partition coefficient (Wildman–Crippen LogP) is 2.96. The van der Waals surface area contributed by atoms with Crippen LogP contribution in [0.5, 0.6) is 0 Å². The molecular weight excluding hydrogens is 494 g/mol. The Bertz CT molecular complexity index is 1170. The van der Waals surface area contributed by atoms with E-state index < -0.39 is 63.2 Å². The van der Waals surface area contributed by atoms with Gasteiger partial charge in [0.15, 0.2) is 11.8 Å². The number of benzene rings is 1. The van der Waals surface area contributed by atoms with Crippen molar-refractivity contribution in [3.05, 3.63) is 53.9 Å². The molecule has 0 aliphatic carbocycles. The molecule has 0 spiro atoms. The number of morpholine rings is 1. The molecule has 2 atom stereocenters. The minimum atomic E-state index is -5.05. The molecule has 2 heterocycles. The molecule has 34 heavy (non-hydrogen) atoms. The Morgan fingerprint density at radius 1 is 1.15 bits per heavy atom. The summed E-state index contributed by atoms with van der Waals surface area (Å²) in [6.45, 7) is 0.0276. The van der Waals surface area contributed by atoms with Crippen molar-refractivity contribution in [2.24, 2.45) is 5.14 Å². The predicted molar refractivity (Wildman–Crippen MR) is 106 cm³/mol. The zero-order valence-corrected chi connectivity index (χ0v) is 18.2. The molecule has 3 rings (SSSR count). The Labute approximate surface area is 189 Å². The molecule has 1 aromatic carbocycles. The fourth-order valence-corrected chi connectivity index (χ4v) is 3.95. The Morgan fingerprint density at radius 2 is 1.82 bits per heavy atom. The van der Waals surface area contributed by atoms with E-state index >= 15 is 0 Å². The van der Waals surface area contributed by atoms with Gasteiger partial charge in [-0.25, -0.2) is 23.6 Å². The number of hydrazine groups is 1. The lowest BCUT2D eigenvalue weighted by atomic mass is 10.1. The second-order valence-electron chi connectivity index (χ2n) is 7.41. The average Bonchev–Trinajstić information content (AvgIpc) is 2.72. The van der Waals surface area contributed by atoms with E-state index in [2.05, 4.69) is 4.98 Å². The van der Waals surface area contributed by atoms with E-state index in [4.69, 9.17) is 9.88 Å². The lowest BCUT2D eigenvalue weighted by Gasteiger charge is -2.43. The Morgan fingerprint density at radius 3 is 2.41 bits per heavy atom. The van der Waals surface area contributed by atoms with E-state index in [-0.39, 0.29) is 12.2 Å². The number of primary sulfonamides is 1. The van der Waals surface area contributed by atoms with Gasteiger partial charge in [0.1, 0.15) is 0 Å². The second kappa shape index (κ2) is 9.13. The molecule has 0 saturated carbocycles. The molecule has 1 saturated heterocycles. The first-order valence-corrected chi connectivity index (χ1v) is 11.1. The lowest BCUT2D eigenvalue weighted by Crippen LogP contribution is -2.59. The van der Waals surface area contributed by atoms with Crippen LogP contribution in [0.3, 0.4) is 0 Å². The molecular formula is C19H18F6N4O4S. The molecule has 0 unspecified atom stereocenters. The molecule has 1 fully saturated rings. The quantitative estimate of drug-likeness (QED) is 0.632. The van der Waals surface area contributed by atoms with E-state index in [0.29, 0.717) is 5.01 Å². The van der Waals surface area contributed by atoms with Gasteiger partial charge < -0.3 is 4.74 Å². The largest absolute Gasteiger partial charge is 0.434 e. The molecule has 15 heteroatoms. The zero-order chi connectivity index (χ0) is 25.5. The highest BCUT2D eigenvalue weighted by Gasteiger charge is 2.47. The van der Waals surface area contributed by atoms with Gasteiger partial charge in [-0.2, -0.15) is 26.3 Å². The van der Waals surface area contributed by atoms with E-state index in [1.807, 2.05) is 0 Å². The van der Waals surface area contributed by atoms with Crippen LogP contribution in [0.4, 0.5) is 32.0 Å². The lowest BCUT2D eigenvalue weighted by molar-refractivity contribution is -0.251. The molecule has 2 N–H and O–H groups in total. The number of carbonyl (C=O) groups is 1. The third-order valence-electron chi connectivity index (χ3n) is 4.78. The third-order valence-corrected chi connectivity index (χ3v) is 5.69. The van der Waals surface area contributed by atoms with Crippen LogP contribution in [0.2, 0.25) is 0 Å². The van der Waals surface area contributed by atoms with Gasteiger partial charge in [0.25, 0.3) is 5.91 Å². The first-order chi connectivity index (χ1) is 15.6. The van der Waals surface area contributed by atoms with E-state index in [1.165, 1.54) is 6.92 Å². The van der Waals surface area contributed by atoms with E-state index in [9.17, 15) is 39.6 Å². The van der Waals surface area contributed by atoms with Crippen LogP contribution in [-0.4, -0.2) is 55.8 Å². The number of pyridine rings is 1. The summed E-state index contributed by atoms with van der Waals surface area (Å²) in [6.07, 6.45) is -12.5. The van der Waals surface area contributed by atoms with Gasteiger partial charge in [0.05, 0.1) is 28.8 Å². The Hall–Kier alpha value is -2.75. The van der Waals surface area contributed by atoms with Crippen molar-refractivity contribution in [1.82, 2.24) is 9.99 Å². The fraction of sp³-hybridized carbons (Fsp3) is 0.368. The highest BCUT2D eigenvalue weighted by atomic mass is 32.2. The molecule has 1 aliphatic rings. The zero-order valence-electron chi connectivity index (χ0n) is 17.3. The van der Waals surface area contributed by atoms with Crippen molar-refractivity contribution >= 4 is 21.6 Å². The minimum Gasteiger partial charge on any atom is -0.363 e. The Balaban J connectivity index is 2.17. The molecule has 1 amide bonds. The summed E-state index contributed by atoms with van der Waals surface area (Å²) in [6, 6.07) is 6.11. The van der Waals surface area contributed by atoms with E-state index in [1.54, 1.807) is 0 Å². The van der Waals surface area contributed by atoms with Crippen LogP contribution in [-0.2, 0) is 20.9 Å². The molecule has 1 aliphatic heterocycles. The van der Waals surface area contributed by atoms with Crippen LogP contribution in [0.25, 0.3) is 0 Å². The van der Waals surface area contributed by atoms with Gasteiger partial charge in [0.2, 0.25) is 10.0 Å². The average molecular weight is 512 g/mol. The number of nitrogens with two attached hydrogens (primary N) is 1. The summed E-state index contributed by atoms with van der Waals surface area (Å²) in [5.74, 6) is -1.37. The normalized spacial score (nSPS) is 20.2. The molecule has 2 aromatic rings. The number of rotatable bonds is 4. The topological polar surface area (TPSA) is 106 Å². The molecule has 8 nitrogen and oxygen atoms in total. The first kappa shape index (κ1) is 25.9. The number of alkyl halides is 6. The molecule has 0 radical (unpaired) electrons. The number of carbonyl (C=O) groups excluding carboxylic acids is 1. The van der Waals surface area contributed by atoms with Crippen LogP contribution in [0.15, 0.2) is 47.5 Å². The standard InChI is InChI=1S/C19H18F6N4O4S/c1-11-9-28(10-15(33-11)18(20,21)22)29(12-4-2-5-13(8-12)34(26,31)32)17(30)14-6-3-7-27-16(14)19(23,24)25/h2-8,11,15H,9-10H2,1H3,(H2,26,31,32)/t11-,15+/m1/s1. The maximum atomic E-state index is 13.5. The van der Waals surface area contributed by atoms with Gasteiger partial charge in [-0.1, -0.05) is 6.07 Å². The molecule has 186 valence electrons. The monoisotopic (exact) mass is 512 g/mol. The second-order valence-corrected chi connectivity index (χ2v) is 8.97. The van der Waals surface area contributed by atoms with Crippen LogP contribution in [0.1, 0.15) is 23.0 Å². The number of sulfonamides is 1. The summed E-state index contributed by atoms with van der Waals surface area (Å²) < 4.78 is 109. The van der Waals surface area contributed by atoms with Crippen molar-refractivity contribution in [1.29, 1.82) is 0 Å². The van der Waals surface area contributed by atoms with Crippen LogP contribution >= 0.6 is 0 Å². The SMILES string of the molecule is C[C@@H]1CN(N(C(=O)c2cccnc2C(F)(F)F)c2cccc(S(N)(=O)=O)c2)C[C@@H](C(F)(F)F)O1. The van der Waals surface area contributed by atoms with Crippen molar-refractivity contribution in [2.45, 2.75) is 36.4 Å². The summed E-state index contributed by atoms with van der Waals surface area (Å²) in [5.41, 5.74) is -2.82. The number of ether oxygens (including phenoxy) is 1. The highest BCUT2D eigenvalue weighted by Crippen LogP contribution is 2.34. The first-order valence-electron chi connectivity index (χ1n) is 9.55. The van der Waals surface area contributed by atoms with Crippen molar-refractivity contribution in [3.8, 4) is 0 Å². The number of amides is 1. The third kappa shape index (κ3) is 5.65. The summed E-state index contributed by atoms with van der Waals surface area (Å²) >= 11 is 0. The van der Waals surface area contributed by atoms with Crippen molar-refractivity contribution in [3.63, 3.8) is 0 Å². The van der Waals surface area contributed by atoms with Crippen LogP contribution in [0, 0.1) is 0 Å². The molecule has 1 aromatic heterocycles. The number of hydrogen-bond donors (Lipinski definition) is 1. The van der Waals surface area contributed by atoms with Crippen LogP contribution < -0.4 is 10.1 Å². The van der Waals surface area contributed by atoms with Crippen molar-refractivity contribution < 1.29 is 44.3 Å². The van der Waals surface area contributed by atoms with Gasteiger partial charge >= 0.3 is 12.4 Å². The van der Waals surface area contributed by atoms with Gasteiger partial charge in [-0.05, 0) is 37.3 Å². The van der Waals surface area contributed by atoms with Gasteiger partial charge in [-0.15, -0.1) is 0 Å². The van der Waals surface area contributed by atoms with Crippen molar-refractivity contribution in [2.75, 3.05) is 18.1 Å². The summed E-state index contributed by atoms with van der Waals surface area (Å²) in [5, 5.41) is 6.51. The fourth-order valence-electron chi connectivity index (χ4n) is 3.39. The summed E-state index contributed by atoms with van der Waals surface area (Å²) in [4.78, 5) is 16.1. The molecule has 0 bridgehead atoms. The number of halogens is 6. The number of hydrogen-bond acceptors (Lipinski definition) is 6. The van der Waals surface area contributed by atoms with Gasteiger partial charge in [-0.3, -0.25) is 9.78 Å². The van der Waals surface area contributed by atoms with Gasteiger partial charge in [0, 0.05) is 12.7 Å². The van der Waals surface area contributed by atoms with E-state index in [0.717, 1.165) is 47.6 Å². The number of anilines is 1. The smallest absolute Gasteiger partial charge is 0.363 e. The highest BCUT2D eigenvalue weighted by molar-refractivity contribution is 7.89.